The highest BCUT2D eigenvalue weighted by molar-refractivity contribution is 6.31. The third-order valence-corrected chi connectivity index (χ3v) is 6.87. The zero-order chi connectivity index (χ0) is 23.5. The van der Waals surface area contributed by atoms with Crippen LogP contribution in [0.15, 0.2) is 79.3 Å². The van der Waals surface area contributed by atoms with E-state index in [1.54, 1.807) is 0 Å². The summed E-state index contributed by atoms with van der Waals surface area (Å²) in [5.41, 5.74) is 3.96. The van der Waals surface area contributed by atoms with Crippen molar-refractivity contribution in [2.75, 3.05) is 18.4 Å². The van der Waals surface area contributed by atoms with Gasteiger partial charge >= 0.3 is 0 Å². The highest BCUT2D eigenvalue weighted by Gasteiger charge is 2.26. The molecule has 174 valence electrons. The highest BCUT2D eigenvalue weighted by atomic mass is 35.5. The number of hydrogen-bond donors (Lipinski definition) is 1. The molecule has 0 saturated carbocycles. The minimum atomic E-state index is 0.00675. The third kappa shape index (κ3) is 4.79. The molecule has 1 amide bonds. The van der Waals surface area contributed by atoms with Crippen molar-refractivity contribution >= 4 is 23.2 Å². The van der Waals surface area contributed by atoms with Gasteiger partial charge in [-0.3, -0.25) is 9.69 Å². The van der Waals surface area contributed by atoms with Gasteiger partial charge in [-0.2, -0.15) is 5.10 Å². The maximum Gasteiger partial charge on any atom is 0.227 e. The lowest BCUT2D eigenvalue weighted by Crippen LogP contribution is -2.37. The molecule has 34 heavy (non-hydrogen) atoms. The molecule has 1 N–H and O–H groups in total. The van der Waals surface area contributed by atoms with E-state index in [2.05, 4.69) is 26.9 Å². The molecule has 1 aliphatic heterocycles. The van der Waals surface area contributed by atoms with Gasteiger partial charge in [0.05, 0.1) is 11.9 Å². The molecule has 2 aromatic heterocycles. The molecule has 0 aliphatic carbocycles. The van der Waals surface area contributed by atoms with E-state index in [1.165, 1.54) is 0 Å². The molecule has 6 nitrogen and oxygen atoms in total. The van der Waals surface area contributed by atoms with Crippen molar-refractivity contribution in [1.29, 1.82) is 0 Å². The van der Waals surface area contributed by atoms with E-state index >= 15 is 0 Å². The smallest absolute Gasteiger partial charge is 0.227 e. The van der Waals surface area contributed by atoms with Gasteiger partial charge in [-0.15, -0.1) is 0 Å². The Balaban J connectivity index is 1.26. The van der Waals surface area contributed by atoms with E-state index in [9.17, 15) is 4.79 Å². The van der Waals surface area contributed by atoms with Crippen LogP contribution in [0.5, 0.6) is 0 Å². The molecule has 3 heterocycles. The van der Waals surface area contributed by atoms with Gasteiger partial charge in [0.15, 0.2) is 0 Å². The zero-order valence-corrected chi connectivity index (χ0v) is 19.9. The van der Waals surface area contributed by atoms with Gasteiger partial charge in [-0.1, -0.05) is 35.9 Å². The Bertz CT molecular complexity index is 1260. The summed E-state index contributed by atoms with van der Waals surface area (Å²) >= 11 is 6.20. The number of halogens is 1. The second-order valence-corrected chi connectivity index (χ2v) is 9.24. The van der Waals surface area contributed by atoms with E-state index in [-0.39, 0.29) is 11.8 Å². The summed E-state index contributed by atoms with van der Waals surface area (Å²) in [6, 6.07) is 19.9. The third-order valence-electron chi connectivity index (χ3n) is 6.46. The minimum Gasteiger partial charge on any atom is -0.326 e. The van der Waals surface area contributed by atoms with Crippen LogP contribution in [-0.2, 0) is 11.3 Å². The largest absolute Gasteiger partial charge is 0.326 e. The number of aromatic nitrogens is 3. The van der Waals surface area contributed by atoms with Gasteiger partial charge in [0.2, 0.25) is 5.91 Å². The van der Waals surface area contributed by atoms with Crippen LogP contribution in [0, 0.1) is 12.8 Å². The number of hydrogen-bond acceptors (Lipinski definition) is 3. The van der Waals surface area contributed by atoms with Crippen molar-refractivity contribution < 1.29 is 4.79 Å². The number of para-hydroxylation sites is 1. The molecule has 2 aromatic carbocycles. The number of benzene rings is 2. The van der Waals surface area contributed by atoms with E-state index < -0.39 is 0 Å². The lowest BCUT2D eigenvalue weighted by atomic mass is 9.95. The second kappa shape index (κ2) is 9.87. The second-order valence-electron chi connectivity index (χ2n) is 8.83. The summed E-state index contributed by atoms with van der Waals surface area (Å²) in [6.07, 6.45) is 7.72. The molecule has 7 heteroatoms. The van der Waals surface area contributed by atoms with Crippen molar-refractivity contribution in [3.63, 3.8) is 0 Å². The van der Waals surface area contributed by atoms with Gasteiger partial charge < -0.3 is 9.88 Å². The molecule has 0 atom stereocenters. The van der Waals surface area contributed by atoms with Crippen molar-refractivity contribution in [2.24, 2.45) is 5.92 Å². The fourth-order valence-electron chi connectivity index (χ4n) is 4.51. The van der Waals surface area contributed by atoms with Crippen molar-refractivity contribution in [1.82, 2.24) is 19.2 Å². The molecule has 5 rings (SSSR count). The first-order valence-electron chi connectivity index (χ1n) is 11.6. The lowest BCUT2D eigenvalue weighted by Gasteiger charge is -2.31. The van der Waals surface area contributed by atoms with Crippen molar-refractivity contribution in [2.45, 2.75) is 26.3 Å². The number of aryl methyl sites for hydroxylation is 1. The van der Waals surface area contributed by atoms with Gasteiger partial charge in [-0.05, 0) is 74.8 Å². The Morgan fingerprint density at radius 2 is 1.79 bits per heavy atom. The average molecular weight is 474 g/mol. The first kappa shape index (κ1) is 22.4. The van der Waals surface area contributed by atoms with Crippen LogP contribution in [0.3, 0.4) is 0 Å². The Morgan fingerprint density at radius 1 is 1.06 bits per heavy atom. The number of rotatable bonds is 6. The van der Waals surface area contributed by atoms with E-state index in [1.807, 2.05) is 78.7 Å². The van der Waals surface area contributed by atoms with Crippen LogP contribution in [0.2, 0.25) is 5.02 Å². The normalized spacial score (nSPS) is 14.9. The first-order valence-corrected chi connectivity index (χ1v) is 12.0. The maximum atomic E-state index is 12.8. The Morgan fingerprint density at radius 3 is 2.50 bits per heavy atom. The molecule has 0 radical (unpaired) electrons. The molecular formula is C27H28ClN5O. The number of likely N-dealkylation sites (tertiary alicyclic amines) is 1. The summed E-state index contributed by atoms with van der Waals surface area (Å²) in [7, 11) is 0. The number of carbonyl (C=O) groups excluding carboxylic acids is 1. The molecule has 4 aromatic rings. The standard InChI is InChI=1S/C27H28ClN5O/c1-20-9-10-23(17-25(20)28)30-26(34)21-11-15-31(16-12-21)19-22-18-29-33(24-7-3-2-4-8-24)27(22)32-13-5-6-14-32/h2-10,13-14,17-18,21H,11-12,15-16,19H2,1H3,(H,30,34). The van der Waals surface area contributed by atoms with Gasteiger partial charge in [0.1, 0.15) is 5.82 Å². The van der Waals surface area contributed by atoms with E-state index in [0.717, 1.165) is 60.8 Å². The number of nitrogens with zero attached hydrogens (tertiary/aromatic N) is 4. The monoisotopic (exact) mass is 473 g/mol. The summed E-state index contributed by atoms with van der Waals surface area (Å²) in [4.78, 5) is 15.2. The lowest BCUT2D eigenvalue weighted by molar-refractivity contribution is -0.121. The maximum absolute atomic E-state index is 12.8. The number of amides is 1. The Hall–Kier alpha value is -3.35. The first-order chi connectivity index (χ1) is 16.6. The topological polar surface area (TPSA) is 55.1 Å². The van der Waals surface area contributed by atoms with Crippen LogP contribution in [0.1, 0.15) is 24.0 Å². The van der Waals surface area contributed by atoms with E-state index in [0.29, 0.717) is 5.02 Å². The van der Waals surface area contributed by atoms with Gasteiger partial charge in [0.25, 0.3) is 0 Å². The van der Waals surface area contributed by atoms with Crippen LogP contribution in [0.25, 0.3) is 11.5 Å². The minimum absolute atomic E-state index is 0.00675. The molecule has 1 fully saturated rings. The average Bonchev–Trinajstić information content (AvgIpc) is 3.52. The van der Waals surface area contributed by atoms with Gasteiger partial charge in [-0.25, -0.2) is 4.68 Å². The van der Waals surface area contributed by atoms with Crippen molar-refractivity contribution in [3.8, 4) is 11.5 Å². The Kier molecular flexibility index (Phi) is 6.52. The molecule has 1 aliphatic rings. The fourth-order valence-corrected chi connectivity index (χ4v) is 4.69. The fraction of sp³-hybridized carbons (Fsp3) is 0.259. The number of carbonyl (C=O) groups is 1. The van der Waals surface area contributed by atoms with Crippen LogP contribution in [0.4, 0.5) is 5.69 Å². The predicted molar refractivity (Wildman–Crippen MR) is 136 cm³/mol. The Labute approximate surface area is 204 Å². The molecule has 1 saturated heterocycles. The predicted octanol–water partition coefficient (Wildman–Crippen LogP) is 5.48. The molecule has 0 unspecified atom stereocenters. The number of piperidine rings is 1. The van der Waals surface area contributed by atoms with E-state index in [4.69, 9.17) is 16.7 Å². The zero-order valence-electron chi connectivity index (χ0n) is 19.2. The quantitative estimate of drug-likeness (QED) is 0.403. The molecule has 0 spiro atoms. The van der Waals surface area contributed by atoms with Crippen LogP contribution >= 0.6 is 11.6 Å². The van der Waals surface area contributed by atoms with Crippen molar-refractivity contribution in [3.05, 3.63) is 95.4 Å². The summed E-state index contributed by atoms with van der Waals surface area (Å²) in [5.74, 6) is 1.13. The molecular weight excluding hydrogens is 446 g/mol. The summed E-state index contributed by atoms with van der Waals surface area (Å²) < 4.78 is 4.10. The number of anilines is 1. The summed E-state index contributed by atoms with van der Waals surface area (Å²) in [5, 5.41) is 8.41. The van der Waals surface area contributed by atoms with Gasteiger partial charge in [0, 0.05) is 41.1 Å². The highest BCUT2D eigenvalue weighted by Crippen LogP contribution is 2.26. The summed E-state index contributed by atoms with van der Waals surface area (Å²) in [6.45, 7) is 4.49. The SMILES string of the molecule is Cc1ccc(NC(=O)C2CCN(Cc3cnn(-c4ccccc4)c3-n3cccc3)CC2)cc1Cl. The van der Waals surface area contributed by atoms with Crippen LogP contribution < -0.4 is 5.32 Å². The van der Waals surface area contributed by atoms with Crippen LogP contribution in [-0.4, -0.2) is 38.2 Å². The number of nitrogens with one attached hydrogen (secondary N) is 1. The molecule has 0 bridgehead atoms.